The van der Waals surface area contributed by atoms with E-state index in [0.717, 1.165) is 6.07 Å². The largest absolute Gasteiger partial charge is 0.424 e. The highest BCUT2D eigenvalue weighted by Gasteiger charge is 2.27. The molecule has 0 amide bonds. The van der Waals surface area contributed by atoms with Gasteiger partial charge in [-0.2, -0.15) is 0 Å². The van der Waals surface area contributed by atoms with E-state index in [1.54, 1.807) is 6.92 Å². The van der Waals surface area contributed by atoms with E-state index in [4.69, 9.17) is 4.74 Å². The average molecular weight is 505 g/mol. The number of aromatic nitrogens is 3. The van der Waals surface area contributed by atoms with Crippen LogP contribution in [0.2, 0.25) is 0 Å². The van der Waals surface area contributed by atoms with Gasteiger partial charge < -0.3 is 4.74 Å². The van der Waals surface area contributed by atoms with Crippen LogP contribution in [0.15, 0.2) is 45.8 Å². The maximum atomic E-state index is 14.1. The van der Waals surface area contributed by atoms with Crippen molar-refractivity contribution in [3.8, 4) is 11.8 Å². The van der Waals surface area contributed by atoms with Gasteiger partial charge in [0.05, 0.1) is 10.5 Å². The Bertz CT molecular complexity index is 1170. The van der Waals surface area contributed by atoms with Gasteiger partial charge in [-0.1, -0.05) is 5.10 Å². The summed E-state index contributed by atoms with van der Waals surface area (Å²) in [6.07, 6.45) is 0. The second-order valence-corrected chi connectivity index (χ2v) is 8.72. The Labute approximate surface area is 179 Å². The number of nitrogens with one attached hydrogen (secondary N) is 1. The van der Waals surface area contributed by atoms with Gasteiger partial charge in [-0.25, -0.2) is 26.3 Å². The van der Waals surface area contributed by atoms with E-state index >= 15 is 0 Å². The van der Waals surface area contributed by atoms with Crippen LogP contribution in [0, 0.1) is 17.5 Å². The van der Waals surface area contributed by atoms with E-state index in [1.807, 2.05) is 0 Å². The number of hydrogen-bond acceptors (Lipinski definition) is 5. The Morgan fingerprint density at radius 1 is 1.13 bits per heavy atom. The normalized spacial score (nSPS) is 12.7. The maximum Gasteiger partial charge on any atom is 0.322 e. The van der Waals surface area contributed by atoms with Gasteiger partial charge in [0.15, 0.2) is 5.82 Å². The smallest absolute Gasteiger partial charge is 0.322 e. The molecule has 1 atom stereocenters. The van der Waals surface area contributed by atoms with Crippen molar-refractivity contribution in [1.82, 2.24) is 19.5 Å². The number of rotatable bonds is 7. The zero-order chi connectivity index (χ0) is 22.1. The number of benzene rings is 2. The Balaban J connectivity index is 1.86. The van der Waals surface area contributed by atoms with Gasteiger partial charge in [-0.15, -0.1) is 5.10 Å². The monoisotopic (exact) mass is 504 g/mol. The number of nitrogens with zero attached hydrogens (tertiary/aromatic N) is 3. The first-order valence-electron chi connectivity index (χ1n) is 8.65. The van der Waals surface area contributed by atoms with E-state index < -0.39 is 38.4 Å². The fourth-order valence-corrected chi connectivity index (χ4v) is 4.25. The minimum absolute atomic E-state index is 0.0611. The topological polar surface area (TPSA) is 86.1 Å². The predicted molar refractivity (Wildman–Crippen MR) is 105 cm³/mol. The first kappa shape index (κ1) is 22.2. The summed E-state index contributed by atoms with van der Waals surface area (Å²) in [5, 5.41) is 7.84. The summed E-state index contributed by atoms with van der Waals surface area (Å²) in [7, 11) is -4.41. The minimum atomic E-state index is -4.41. The molecule has 12 heteroatoms. The molecule has 0 saturated heterocycles. The molecule has 0 bridgehead atoms. The van der Waals surface area contributed by atoms with Gasteiger partial charge in [0.1, 0.15) is 28.1 Å². The molecule has 3 rings (SSSR count). The van der Waals surface area contributed by atoms with Crippen molar-refractivity contribution in [3.63, 3.8) is 0 Å². The van der Waals surface area contributed by atoms with Gasteiger partial charge in [0.2, 0.25) is 10.0 Å². The lowest BCUT2D eigenvalue weighted by atomic mass is 10.3. The molecular formula is C18H16BrF3N4O3S. The lowest BCUT2D eigenvalue weighted by Gasteiger charge is -2.16. The first-order chi connectivity index (χ1) is 14.1. The third-order valence-electron chi connectivity index (χ3n) is 4.07. The highest BCUT2D eigenvalue weighted by atomic mass is 79.9. The molecule has 0 saturated carbocycles. The zero-order valence-corrected chi connectivity index (χ0v) is 18.1. The van der Waals surface area contributed by atoms with E-state index in [1.165, 1.54) is 35.8 Å². The number of sulfonamides is 1. The van der Waals surface area contributed by atoms with Crippen molar-refractivity contribution in [1.29, 1.82) is 0 Å². The fraction of sp³-hybridized carbons (Fsp3) is 0.222. The number of ether oxygens (including phenoxy) is 1. The van der Waals surface area contributed by atoms with Gasteiger partial charge >= 0.3 is 6.01 Å². The number of hydrogen-bond donors (Lipinski definition) is 1. The highest BCUT2D eigenvalue weighted by Crippen LogP contribution is 2.26. The van der Waals surface area contributed by atoms with Gasteiger partial charge in [0.25, 0.3) is 0 Å². The fourth-order valence-electron chi connectivity index (χ4n) is 2.66. The SMILES string of the molecule is CCn1c(Oc2ccc(F)cc2)nnc1[C@@H](C)NS(=O)(=O)c1cc(F)c(Br)cc1F. The van der Waals surface area contributed by atoms with Crippen molar-refractivity contribution in [2.75, 3.05) is 0 Å². The van der Waals surface area contributed by atoms with Crippen LogP contribution < -0.4 is 9.46 Å². The maximum absolute atomic E-state index is 14.1. The first-order valence-corrected chi connectivity index (χ1v) is 10.9. The molecule has 2 aromatic carbocycles. The molecule has 0 aliphatic carbocycles. The molecule has 0 radical (unpaired) electrons. The van der Waals surface area contributed by atoms with Crippen LogP contribution in [0.3, 0.4) is 0 Å². The lowest BCUT2D eigenvalue weighted by Crippen LogP contribution is -2.29. The van der Waals surface area contributed by atoms with Crippen molar-refractivity contribution in [2.45, 2.75) is 31.3 Å². The molecule has 0 aliphatic heterocycles. The number of halogens is 4. The van der Waals surface area contributed by atoms with E-state index in [-0.39, 0.29) is 16.3 Å². The van der Waals surface area contributed by atoms with Crippen LogP contribution >= 0.6 is 15.9 Å². The summed E-state index contributed by atoms with van der Waals surface area (Å²) in [4.78, 5) is -0.833. The quantitative estimate of drug-likeness (QED) is 0.484. The Morgan fingerprint density at radius 3 is 2.43 bits per heavy atom. The van der Waals surface area contributed by atoms with Crippen molar-refractivity contribution in [2.24, 2.45) is 0 Å². The van der Waals surface area contributed by atoms with E-state index in [0.29, 0.717) is 18.4 Å². The molecule has 0 fully saturated rings. The Morgan fingerprint density at radius 2 is 1.80 bits per heavy atom. The summed E-state index contributed by atoms with van der Waals surface area (Å²) in [5.41, 5.74) is 0. The van der Waals surface area contributed by atoms with Gasteiger partial charge in [0, 0.05) is 6.54 Å². The standard InChI is InChI=1S/C18H16BrF3N4O3S/c1-3-26-17(23-24-18(26)29-12-6-4-11(20)5-7-12)10(2)25-30(27,28)16-9-14(21)13(19)8-15(16)22/h4-10,25H,3H2,1-2H3/t10-/m1/s1. The summed E-state index contributed by atoms with van der Waals surface area (Å²) in [6.45, 7) is 3.56. The second kappa shape index (κ2) is 8.74. The Hall–Kier alpha value is -2.44. The van der Waals surface area contributed by atoms with Gasteiger partial charge in [-0.05, 0) is 66.2 Å². The zero-order valence-electron chi connectivity index (χ0n) is 15.7. The molecule has 0 unspecified atom stereocenters. The van der Waals surface area contributed by atoms with Crippen LogP contribution in [0.5, 0.6) is 11.8 Å². The molecule has 0 spiro atoms. The predicted octanol–water partition coefficient (Wildman–Crippen LogP) is 4.31. The molecule has 1 N–H and O–H groups in total. The molecule has 1 heterocycles. The van der Waals surface area contributed by atoms with Crippen molar-refractivity contribution >= 4 is 26.0 Å². The van der Waals surface area contributed by atoms with E-state index in [9.17, 15) is 21.6 Å². The average Bonchev–Trinajstić information content (AvgIpc) is 3.08. The van der Waals surface area contributed by atoms with Crippen molar-refractivity contribution < 1.29 is 26.3 Å². The summed E-state index contributed by atoms with van der Waals surface area (Å²) >= 11 is 2.80. The molecule has 3 aromatic rings. The molecule has 160 valence electrons. The molecule has 0 aliphatic rings. The van der Waals surface area contributed by atoms with Crippen LogP contribution in [-0.4, -0.2) is 23.2 Å². The Kier molecular flexibility index (Phi) is 6.48. The molecule has 1 aromatic heterocycles. The summed E-state index contributed by atoms with van der Waals surface area (Å²) in [6, 6.07) is 5.67. The highest BCUT2D eigenvalue weighted by molar-refractivity contribution is 9.10. The molecular weight excluding hydrogens is 489 g/mol. The summed E-state index contributed by atoms with van der Waals surface area (Å²) < 4.78 is 75.2. The summed E-state index contributed by atoms with van der Waals surface area (Å²) in [5.74, 6) is -1.96. The van der Waals surface area contributed by atoms with E-state index in [2.05, 4.69) is 30.8 Å². The van der Waals surface area contributed by atoms with Gasteiger partial charge in [-0.3, -0.25) is 4.57 Å². The lowest BCUT2D eigenvalue weighted by molar-refractivity contribution is 0.407. The van der Waals surface area contributed by atoms with Crippen LogP contribution in [0.1, 0.15) is 25.7 Å². The van der Waals surface area contributed by atoms with Crippen LogP contribution in [0.25, 0.3) is 0 Å². The second-order valence-electron chi connectivity index (χ2n) is 6.18. The minimum Gasteiger partial charge on any atom is -0.424 e. The van der Waals surface area contributed by atoms with Crippen molar-refractivity contribution in [3.05, 3.63) is 64.1 Å². The molecule has 30 heavy (non-hydrogen) atoms. The third kappa shape index (κ3) is 4.65. The van der Waals surface area contributed by atoms with Crippen LogP contribution in [0.4, 0.5) is 13.2 Å². The third-order valence-corrected chi connectivity index (χ3v) is 6.23. The van der Waals surface area contributed by atoms with Crippen LogP contribution in [-0.2, 0) is 16.6 Å². The molecule has 7 nitrogen and oxygen atoms in total.